The largest absolute Gasteiger partial charge is 0.383 e. The van der Waals surface area contributed by atoms with Crippen molar-refractivity contribution in [3.63, 3.8) is 0 Å². The van der Waals surface area contributed by atoms with Gasteiger partial charge in [-0.1, -0.05) is 12.2 Å². The lowest BCUT2D eigenvalue weighted by molar-refractivity contribution is 0.262. The van der Waals surface area contributed by atoms with E-state index in [1.54, 1.807) is 22.6 Å². The zero-order valence-electron chi connectivity index (χ0n) is 6.83. The Hall–Kier alpha value is -0.850. The van der Waals surface area contributed by atoms with E-state index in [9.17, 15) is 4.79 Å². The van der Waals surface area contributed by atoms with Gasteiger partial charge in [0.1, 0.15) is 5.82 Å². The molecule has 1 aromatic heterocycles. The highest BCUT2D eigenvalue weighted by molar-refractivity contribution is 14.1. The quantitative estimate of drug-likeness (QED) is 0.585. The number of anilines is 1. The molecule has 0 amide bonds. The fraction of sp³-hybridized carbons (Fsp3) is 0.250. The summed E-state index contributed by atoms with van der Waals surface area (Å²) in [5, 5.41) is 4.13. The van der Waals surface area contributed by atoms with Crippen LogP contribution in [-0.2, 0) is 6.42 Å². The standard InChI is InChI=1S/C8H8IN3O/c9-8(13)12-7(10)5-3-1-2-4-6(5)11-12/h1,3H,2,4,10H2. The highest BCUT2D eigenvalue weighted by atomic mass is 127. The van der Waals surface area contributed by atoms with Gasteiger partial charge >= 0.3 is 3.91 Å². The van der Waals surface area contributed by atoms with Crippen molar-refractivity contribution < 1.29 is 4.79 Å². The van der Waals surface area contributed by atoms with Gasteiger partial charge < -0.3 is 5.73 Å². The number of carbonyl (C=O) groups excluding carboxylic acids is 1. The predicted molar refractivity (Wildman–Crippen MR) is 58.8 cm³/mol. The number of fused-ring (bicyclic) bond motifs is 1. The zero-order chi connectivity index (χ0) is 9.42. The average molecular weight is 289 g/mol. The molecule has 0 radical (unpaired) electrons. The maximum absolute atomic E-state index is 11.1. The van der Waals surface area contributed by atoms with Crippen LogP contribution in [0.3, 0.4) is 0 Å². The lowest BCUT2D eigenvalue weighted by Gasteiger charge is -2.01. The lowest BCUT2D eigenvalue weighted by atomic mass is 10.1. The molecule has 68 valence electrons. The summed E-state index contributed by atoms with van der Waals surface area (Å²) in [4.78, 5) is 11.1. The SMILES string of the molecule is Nc1c2c(nn1C(=O)I)CCC=C2. The van der Waals surface area contributed by atoms with Crippen molar-refractivity contribution in [1.29, 1.82) is 0 Å². The molecular formula is C8H8IN3O. The molecule has 2 N–H and O–H groups in total. The van der Waals surface area contributed by atoms with E-state index in [-0.39, 0.29) is 3.91 Å². The first-order valence-electron chi connectivity index (χ1n) is 3.94. The van der Waals surface area contributed by atoms with E-state index in [1.807, 2.05) is 12.2 Å². The average Bonchev–Trinajstić information content (AvgIpc) is 2.45. The molecule has 0 saturated carbocycles. The van der Waals surface area contributed by atoms with Crippen LogP contribution in [0.25, 0.3) is 6.08 Å². The number of nitrogen functional groups attached to an aromatic ring is 1. The summed E-state index contributed by atoms with van der Waals surface area (Å²) in [7, 11) is 0. The molecule has 1 aromatic rings. The minimum atomic E-state index is -0.169. The first-order chi connectivity index (χ1) is 6.20. The van der Waals surface area contributed by atoms with Gasteiger partial charge in [-0.05, 0) is 12.8 Å². The molecule has 1 aliphatic rings. The molecule has 0 saturated heterocycles. The van der Waals surface area contributed by atoms with Crippen molar-refractivity contribution in [2.24, 2.45) is 0 Å². The molecule has 0 bridgehead atoms. The van der Waals surface area contributed by atoms with Crippen LogP contribution in [0.15, 0.2) is 6.08 Å². The molecule has 4 nitrogen and oxygen atoms in total. The number of aryl methyl sites for hydroxylation is 1. The van der Waals surface area contributed by atoms with Crippen molar-refractivity contribution in [1.82, 2.24) is 9.78 Å². The summed E-state index contributed by atoms with van der Waals surface area (Å²) < 4.78 is 1.08. The summed E-state index contributed by atoms with van der Waals surface area (Å²) in [6.07, 6.45) is 5.81. The number of aromatic nitrogens is 2. The number of nitrogens with zero attached hydrogens (tertiary/aromatic N) is 2. The topological polar surface area (TPSA) is 60.9 Å². The van der Waals surface area contributed by atoms with E-state index in [1.165, 1.54) is 4.68 Å². The van der Waals surface area contributed by atoms with Crippen molar-refractivity contribution in [2.75, 3.05) is 5.73 Å². The summed E-state index contributed by atoms with van der Waals surface area (Å²) in [5.74, 6) is 0.449. The second-order valence-electron chi connectivity index (χ2n) is 2.85. The van der Waals surface area contributed by atoms with Crippen LogP contribution in [0, 0.1) is 0 Å². The Morgan fingerprint density at radius 2 is 2.46 bits per heavy atom. The Bertz CT molecular complexity index is 394. The molecular weight excluding hydrogens is 281 g/mol. The molecule has 0 unspecified atom stereocenters. The molecule has 0 aliphatic heterocycles. The molecule has 0 spiro atoms. The number of hydrogen-bond acceptors (Lipinski definition) is 3. The minimum Gasteiger partial charge on any atom is -0.383 e. The van der Waals surface area contributed by atoms with Gasteiger partial charge in [0.25, 0.3) is 0 Å². The van der Waals surface area contributed by atoms with E-state index < -0.39 is 0 Å². The fourth-order valence-corrected chi connectivity index (χ4v) is 1.78. The van der Waals surface area contributed by atoms with Crippen LogP contribution < -0.4 is 5.73 Å². The molecule has 0 atom stereocenters. The normalized spacial score (nSPS) is 14.2. The van der Waals surface area contributed by atoms with Crippen LogP contribution in [0.1, 0.15) is 17.7 Å². The van der Waals surface area contributed by atoms with Gasteiger partial charge in [0.15, 0.2) is 0 Å². The third-order valence-corrected chi connectivity index (χ3v) is 2.49. The lowest BCUT2D eigenvalue weighted by Crippen LogP contribution is -2.07. The number of rotatable bonds is 0. The molecule has 0 aromatic carbocycles. The molecule has 0 fully saturated rings. The van der Waals surface area contributed by atoms with E-state index in [4.69, 9.17) is 5.73 Å². The van der Waals surface area contributed by atoms with E-state index in [0.29, 0.717) is 5.82 Å². The van der Waals surface area contributed by atoms with Crippen LogP contribution in [-0.4, -0.2) is 13.7 Å². The van der Waals surface area contributed by atoms with Gasteiger partial charge in [0.2, 0.25) is 0 Å². The van der Waals surface area contributed by atoms with E-state index >= 15 is 0 Å². The van der Waals surface area contributed by atoms with E-state index in [2.05, 4.69) is 5.10 Å². The molecule has 1 aliphatic carbocycles. The number of allylic oxidation sites excluding steroid dienone is 1. The smallest absolute Gasteiger partial charge is 0.309 e. The van der Waals surface area contributed by atoms with Crippen LogP contribution >= 0.6 is 22.6 Å². The predicted octanol–water partition coefficient (Wildman–Crippen LogP) is 1.83. The summed E-state index contributed by atoms with van der Waals surface area (Å²) in [6.45, 7) is 0. The summed E-state index contributed by atoms with van der Waals surface area (Å²) in [6, 6.07) is 0. The van der Waals surface area contributed by atoms with E-state index in [0.717, 1.165) is 24.1 Å². The van der Waals surface area contributed by atoms with Gasteiger partial charge in [0, 0.05) is 28.2 Å². The highest BCUT2D eigenvalue weighted by Gasteiger charge is 2.17. The van der Waals surface area contributed by atoms with Crippen molar-refractivity contribution >= 4 is 38.4 Å². The Morgan fingerprint density at radius 3 is 3.08 bits per heavy atom. The minimum absolute atomic E-state index is 0.169. The Kier molecular flexibility index (Phi) is 2.10. The maximum atomic E-state index is 11.1. The Labute approximate surface area is 88.9 Å². The third kappa shape index (κ3) is 1.37. The van der Waals surface area contributed by atoms with Crippen molar-refractivity contribution in [3.8, 4) is 0 Å². The molecule has 13 heavy (non-hydrogen) atoms. The van der Waals surface area contributed by atoms with Crippen molar-refractivity contribution in [2.45, 2.75) is 12.8 Å². The summed E-state index contributed by atoms with van der Waals surface area (Å²) in [5.41, 5.74) is 7.57. The third-order valence-electron chi connectivity index (χ3n) is 2.03. The maximum Gasteiger partial charge on any atom is 0.309 e. The molecule has 2 rings (SSSR count). The zero-order valence-corrected chi connectivity index (χ0v) is 8.98. The molecule has 5 heteroatoms. The summed E-state index contributed by atoms with van der Waals surface area (Å²) >= 11 is 1.67. The molecule has 1 heterocycles. The number of carbonyl (C=O) groups is 1. The van der Waals surface area contributed by atoms with Gasteiger partial charge in [-0.15, -0.1) is 0 Å². The van der Waals surface area contributed by atoms with Gasteiger partial charge in [-0.2, -0.15) is 9.78 Å². The van der Waals surface area contributed by atoms with Crippen LogP contribution in [0.2, 0.25) is 0 Å². The van der Waals surface area contributed by atoms with Gasteiger partial charge in [-0.25, -0.2) is 0 Å². The van der Waals surface area contributed by atoms with Gasteiger partial charge in [-0.3, -0.25) is 4.79 Å². The first kappa shape index (κ1) is 8.74. The number of nitrogens with two attached hydrogens (primary N) is 1. The fourth-order valence-electron chi connectivity index (χ4n) is 1.41. The Balaban J connectivity index is 2.58. The van der Waals surface area contributed by atoms with Crippen LogP contribution in [0.5, 0.6) is 0 Å². The number of hydrogen-bond donors (Lipinski definition) is 1. The Morgan fingerprint density at radius 1 is 1.69 bits per heavy atom. The van der Waals surface area contributed by atoms with Crippen LogP contribution in [0.4, 0.5) is 10.6 Å². The second kappa shape index (κ2) is 3.13. The highest BCUT2D eigenvalue weighted by Crippen LogP contribution is 2.24. The van der Waals surface area contributed by atoms with Crippen molar-refractivity contribution in [3.05, 3.63) is 17.3 Å². The van der Waals surface area contributed by atoms with Gasteiger partial charge in [0.05, 0.1) is 5.69 Å². The number of halogens is 1. The second-order valence-corrected chi connectivity index (χ2v) is 3.77. The monoisotopic (exact) mass is 289 g/mol. The first-order valence-corrected chi connectivity index (χ1v) is 5.02.